The number of aryl methyl sites for hydroxylation is 1. The largest absolute Gasteiger partial charge is 0.475 e. The molecule has 3 rings (SSSR count). The van der Waals surface area contributed by atoms with Gasteiger partial charge in [0.2, 0.25) is 5.88 Å². The van der Waals surface area contributed by atoms with Gasteiger partial charge in [-0.1, -0.05) is 0 Å². The second-order valence-corrected chi connectivity index (χ2v) is 5.97. The van der Waals surface area contributed by atoms with Crippen LogP contribution in [-0.4, -0.2) is 33.1 Å². The normalized spacial score (nSPS) is 11.3. The molecule has 28 heavy (non-hydrogen) atoms. The molecule has 0 aliphatic carbocycles. The van der Waals surface area contributed by atoms with Crippen molar-refractivity contribution < 1.29 is 17.9 Å². The van der Waals surface area contributed by atoms with E-state index in [4.69, 9.17) is 4.74 Å². The van der Waals surface area contributed by atoms with Gasteiger partial charge in [-0.05, 0) is 38.1 Å². The number of ether oxygens (including phenoxy) is 1. The summed E-state index contributed by atoms with van der Waals surface area (Å²) in [5.74, 6) is 0.697. The fourth-order valence-electron chi connectivity index (χ4n) is 2.47. The highest BCUT2D eigenvalue weighted by atomic mass is 19.4. The van der Waals surface area contributed by atoms with E-state index >= 15 is 0 Å². The quantitative estimate of drug-likeness (QED) is 0.641. The van der Waals surface area contributed by atoms with Crippen molar-refractivity contribution in [1.82, 2.24) is 19.9 Å². The number of aromatic nitrogens is 4. The maximum absolute atomic E-state index is 13.0. The van der Waals surface area contributed by atoms with Crippen molar-refractivity contribution in [2.45, 2.75) is 20.0 Å². The molecule has 0 saturated carbocycles. The Hall–Kier alpha value is -3.23. The lowest BCUT2D eigenvalue weighted by Crippen LogP contribution is -2.17. The average molecular weight is 389 g/mol. The fourth-order valence-corrected chi connectivity index (χ4v) is 2.47. The molecule has 0 fully saturated rings. The van der Waals surface area contributed by atoms with Crippen LogP contribution in [0.3, 0.4) is 0 Å². The van der Waals surface area contributed by atoms with Gasteiger partial charge in [0.15, 0.2) is 5.82 Å². The molecule has 0 radical (unpaired) electrons. The molecule has 0 amide bonds. The summed E-state index contributed by atoms with van der Waals surface area (Å²) in [4.78, 5) is 16.6. The van der Waals surface area contributed by atoms with Crippen molar-refractivity contribution in [1.29, 1.82) is 0 Å². The van der Waals surface area contributed by atoms with Gasteiger partial charge < -0.3 is 10.1 Å². The highest BCUT2D eigenvalue weighted by Gasteiger charge is 2.34. The van der Waals surface area contributed by atoms with Crippen molar-refractivity contribution in [3.05, 3.63) is 59.7 Å². The Morgan fingerprint density at radius 3 is 2.50 bits per heavy atom. The highest BCUT2D eigenvalue weighted by molar-refractivity contribution is 5.59. The van der Waals surface area contributed by atoms with E-state index in [1.807, 2.05) is 13.8 Å². The van der Waals surface area contributed by atoms with Crippen LogP contribution in [0.15, 0.2) is 42.9 Å². The summed E-state index contributed by atoms with van der Waals surface area (Å²) in [5.41, 5.74) is 1.57. The van der Waals surface area contributed by atoms with Gasteiger partial charge in [-0.2, -0.15) is 13.2 Å². The Balaban J connectivity index is 1.68. The summed E-state index contributed by atoms with van der Waals surface area (Å²) in [5, 5.41) is 3.09. The van der Waals surface area contributed by atoms with E-state index in [9.17, 15) is 13.2 Å². The van der Waals surface area contributed by atoms with Crippen molar-refractivity contribution in [2.24, 2.45) is 0 Å². The fraction of sp³-hybridized carbons (Fsp3) is 0.263. The van der Waals surface area contributed by atoms with Crippen LogP contribution in [0.25, 0.3) is 11.4 Å². The van der Waals surface area contributed by atoms with Crippen LogP contribution in [0, 0.1) is 13.8 Å². The topological polar surface area (TPSA) is 72.8 Å². The lowest BCUT2D eigenvalue weighted by molar-refractivity contribution is -0.139. The van der Waals surface area contributed by atoms with E-state index < -0.39 is 17.6 Å². The molecule has 0 aliphatic heterocycles. The number of anilines is 1. The molecule has 9 heteroatoms. The number of pyridine rings is 2. The molecular formula is C19H18F3N5O. The van der Waals surface area contributed by atoms with Crippen LogP contribution in [0.4, 0.5) is 19.0 Å². The first-order valence-electron chi connectivity index (χ1n) is 8.51. The molecule has 0 atom stereocenters. The maximum atomic E-state index is 13.0. The van der Waals surface area contributed by atoms with Crippen LogP contribution < -0.4 is 10.1 Å². The minimum absolute atomic E-state index is 0.00677. The summed E-state index contributed by atoms with van der Waals surface area (Å²) in [7, 11) is 0. The molecule has 0 aliphatic rings. The SMILES string of the molecule is Cc1nc(-c2ccncc2)nc(NCCOc2ncccc2C(F)(F)F)c1C. The predicted molar refractivity (Wildman–Crippen MR) is 98.0 cm³/mol. The zero-order valence-corrected chi connectivity index (χ0v) is 15.3. The first-order valence-corrected chi connectivity index (χ1v) is 8.51. The molecule has 0 bridgehead atoms. The van der Waals surface area contributed by atoms with E-state index in [2.05, 4.69) is 25.3 Å². The Morgan fingerprint density at radius 1 is 1.04 bits per heavy atom. The van der Waals surface area contributed by atoms with E-state index in [1.54, 1.807) is 24.5 Å². The van der Waals surface area contributed by atoms with E-state index in [1.165, 1.54) is 12.3 Å². The highest BCUT2D eigenvalue weighted by Crippen LogP contribution is 2.34. The number of alkyl halides is 3. The number of nitrogens with one attached hydrogen (secondary N) is 1. The second kappa shape index (κ2) is 8.20. The molecular weight excluding hydrogens is 371 g/mol. The number of hydrogen-bond acceptors (Lipinski definition) is 6. The Bertz CT molecular complexity index is 948. The molecule has 146 valence electrons. The van der Waals surface area contributed by atoms with Crippen LogP contribution >= 0.6 is 0 Å². The lowest BCUT2D eigenvalue weighted by Gasteiger charge is -2.14. The van der Waals surface area contributed by atoms with Crippen LogP contribution in [0.5, 0.6) is 5.88 Å². The molecule has 3 heterocycles. The van der Waals surface area contributed by atoms with E-state index in [0.29, 0.717) is 11.6 Å². The standard InChI is InChI=1S/C19H18F3N5O/c1-12-13(2)26-17(14-5-8-23-9-6-14)27-16(12)24-10-11-28-18-15(19(20,21)22)4-3-7-25-18/h3-9H,10-11H2,1-2H3,(H,24,26,27). The molecule has 6 nitrogen and oxygen atoms in total. The van der Waals surface area contributed by atoms with Gasteiger partial charge in [0.25, 0.3) is 0 Å². The number of rotatable bonds is 6. The summed E-state index contributed by atoms with van der Waals surface area (Å²) in [6, 6.07) is 5.77. The lowest BCUT2D eigenvalue weighted by atomic mass is 10.2. The summed E-state index contributed by atoms with van der Waals surface area (Å²) >= 11 is 0. The Labute approximate surface area is 159 Å². The predicted octanol–water partition coefficient (Wildman–Crippen LogP) is 4.06. The summed E-state index contributed by atoms with van der Waals surface area (Å²) in [6.07, 6.45) is 0.0492. The molecule has 0 aromatic carbocycles. The number of hydrogen-bond donors (Lipinski definition) is 1. The molecule has 0 saturated heterocycles. The maximum Gasteiger partial charge on any atom is 0.421 e. The van der Waals surface area contributed by atoms with Crippen molar-refractivity contribution >= 4 is 5.82 Å². The summed E-state index contributed by atoms with van der Waals surface area (Å²) in [6.45, 7) is 3.98. The van der Waals surface area contributed by atoms with Gasteiger partial charge in [-0.3, -0.25) is 4.98 Å². The average Bonchev–Trinajstić information content (AvgIpc) is 2.68. The Morgan fingerprint density at radius 2 is 1.79 bits per heavy atom. The van der Waals surface area contributed by atoms with Gasteiger partial charge >= 0.3 is 6.18 Å². The smallest absolute Gasteiger partial charge is 0.421 e. The third-order valence-corrected chi connectivity index (χ3v) is 4.04. The minimum Gasteiger partial charge on any atom is -0.475 e. The summed E-state index contributed by atoms with van der Waals surface area (Å²) < 4.78 is 44.1. The van der Waals surface area contributed by atoms with E-state index in [-0.39, 0.29) is 13.2 Å². The molecule has 0 unspecified atom stereocenters. The van der Waals surface area contributed by atoms with Gasteiger partial charge in [-0.25, -0.2) is 15.0 Å². The van der Waals surface area contributed by atoms with Gasteiger partial charge in [0.1, 0.15) is 18.0 Å². The van der Waals surface area contributed by atoms with Gasteiger partial charge in [0.05, 0.1) is 6.54 Å². The van der Waals surface area contributed by atoms with Crippen LogP contribution in [-0.2, 0) is 6.18 Å². The number of nitrogens with zero attached hydrogens (tertiary/aromatic N) is 4. The molecule has 3 aromatic heterocycles. The number of halogens is 3. The van der Waals surface area contributed by atoms with Crippen molar-refractivity contribution in [2.75, 3.05) is 18.5 Å². The third kappa shape index (κ3) is 4.54. The van der Waals surface area contributed by atoms with Crippen LogP contribution in [0.2, 0.25) is 0 Å². The van der Waals surface area contributed by atoms with Crippen molar-refractivity contribution in [3.63, 3.8) is 0 Å². The van der Waals surface area contributed by atoms with Gasteiger partial charge in [0, 0.05) is 35.4 Å². The Kier molecular flexibility index (Phi) is 5.72. The molecule has 1 N–H and O–H groups in total. The second-order valence-electron chi connectivity index (χ2n) is 5.97. The zero-order chi connectivity index (χ0) is 20.1. The molecule has 3 aromatic rings. The van der Waals surface area contributed by atoms with E-state index in [0.717, 1.165) is 22.9 Å². The van der Waals surface area contributed by atoms with Crippen molar-refractivity contribution in [3.8, 4) is 17.3 Å². The third-order valence-electron chi connectivity index (χ3n) is 4.04. The zero-order valence-electron chi connectivity index (χ0n) is 15.3. The monoisotopic (exact) mass is 389 g/mol. The molecule has 0 spiro atoms. The first-order chi connectivity index (χ1) is 13.4. The first kappa shape index (κ1) is 19.5. The van der Waals surface area contributed by atoms with Crippen LogP contribution in [0.1, 0.15) is 16.8 Å². The van der Waals surface area contributed by atoms with Gasteiger partial charge in [-0.15, -0.1) is 0 Å². The minimum atomic E-state index is -4.52.